The largest absolute Gasteiger partial charge is 0.493 e. The van der Waals surface area contributed by atoms with Crippen molar-refractivity contribution in [3.8, 4) is 23.0 Å². The summed E-state index contributed by atoms with van der Waals surface area (Å²) >= 11 is 0. The SMILES string of the molecule is COc1cc2c(cc1OC)CN(CCc1ccc(NC(=O)c3cc(OC)c(OC)cc3NC(=O)c3cnc4ccccc4c3)cc1)CC2.CS(=O)(=O)O.CS(=O)(=O)O. The first-order chi connectivity index (χ1) is 27.4. The van der Waals surface area contributed by atoms with Gasteiger partial charge in [0.2, 0.25) is 0 Å². The lowest BCUT2D eigenvalue weighted by molar-refractivity contribution is 0.102. The van der Waals surface area contributed by atoms with Gasteiger partial charge < -0.3 is 29.6 Å². The van der Waals surface area contributed by atoms with Crippen molar-refractivity contribution in [1.29, 1.82) is 0 Å². The summed E-state index contributed by atoms with van der Waals surface area (Å²) in [5, 5.41) is 6.66. The molecule has 6 rings (SSSR count). The van der Waals surface area contributed by atoms with Crippen LogP contribution in [-0.4, -0.2) is 102 Å². The molecule has 0 fully saturated rings. The second kappa shape index (κ2) is 20.1. The lowest BCUT2D eigenvalue weighted by atomic mass is 9.98. The highest BCUT2D eigenvalue weighted by atomic mass is 32.2. The Labute approximate surface area is 337 Å². The number of fused-ring (bicyclic) bond motifs is 2. The minimum Gasteiger partial charge on any atom is -0.493 e. The summed E-state index contributed by atoms with van der Waals surface area (Å²) in [6.45, 7) is 2.73. The molecule has 1 aliphatic rings. The molecule has 0 spiro atoms. The predicted molar refractivity (Wildman–Crippen MR) is 221 cm³/mol. The van der Waals surface area contributed by atoms with Crippen LogP contribution in [0.4, 0.5) is 11.4 Å². The number of rotatable bonds is 11. The van der Waals surface area contributed by atoms with Crippen LogP contribution < -0.4 is 29.6 Å². The van der Waals surface area contributed by atoms with Crippen LogP contribution in [0.15, 0.2) is 85.1 Å². The number of pyridine rings is 1. The van der Waals surface area contributed by atoms with Gasteiger partial charge in [0.15, 0.2) is 23.0 Å². The molecule has 58 heavy (non-hydrogen) atoms. The van der Waals surface area contributed by atoms with Gasteiger partial charge in [-0.25, -0.2) is 0 Å². The molecule has 16 nitrogen and oxygen atoms in total. The number of carbonyl (C=O) groups is 2. The third-order valence-electron chi connectivity index (χ3n) is 8.59. The van der Waals surface area contributed by atoms with E-state index in [4.69, 9.17) is 28.1 Å². The highest BCUT2D eigenvalue weighted by molar-refractivity contribution is 7.85. The number of nitrogens with one attached hydrogen (secondary N) is 2. The maximum absolute atomic E-state index is 13.6. The minimum absolute atomic E-state index is 0.221. The van der Waals surface area contributed by atoms with Gasteiger partial charge >= 0.3 is 0 Å². The maximum Gasteiger partial charge on any atom is 0.261 e. The summed E-state index contributed by atoms with van der Waals surface area (Å²) in [6, 6.07) is 24.4. The molecule has 2 heterocycles. The molecule has 4 N–H and O–H groups in total. The molecule has 0 bridgehead atoms. The first kappa shape index (κ1) is 44.9. The molecule has 0 saturated carbocycles. The number of methoxy groups -OCH3 is 4. The van der Waals surface area contributed by atoms with Gasteiger partial charge in [-0.2, -0.15) is 16.8 Å². The highest BCUT2D eigenvalue weighted by Crippen LogP contribution is 2.35. The molecular formula is C40H46N4O12S2. The molecule has 0 atom stereocenters. The Kier molecular flexibility index (Phi) is 15.5. The molecular weight excluding hydrogens is 793 g/mol. The third-order valence-corrected chi connectivity index (χ3v) is 8.59. The highest BCUT2D eigenvalue weighted by Gasteiger charge is 2.21. The van der Waals surface area contributed by atoms with Crippen LogP contribution in [0.1, 0.15) is 37.4 Å². The molecule has 4 aromatic carbocycles. The van der Waals surface area contributed by atoms with E-state index in [-0.39, 0.29) is 11.3 Å². The van der Waals surface area contributed by atoms with Crippen LogP contribution in [0.25, 0.3) is 10.9 Å². The summed E-state index contributed by atoms with van der Waals surface area (Å²) in [5.41, 5.74) is 5.99. The molecule has 2 amide bonds. The topological polar surface area (TPSA) is 220 Å². The van der Waals surface area contributed by atoms with E-state index in [0.29, 0.717) is 35.3 Å². The normalized spacial score (nSPS) is 12.4. The average Bonchev–Trinajstić information content (AvgIpc) is 3.18. The Morgan fingerprint density at radius 1 is 0.724 bits per heavy atom. The van der Waals surface area contributed by atoms with Crippen molar-refractivity contribution < 1.29 is 54.5 Å². The summed E-state index contributed by atoms with van der Waals surface area (Å²) < 4.78 is 73.6. The van der Waals surface area contributed by atoms with E-state index in [1.54, 1.807) is 32.4 Å². The lowest BCUT2D eigenvalue weighted by Gasteiger charge is -2.29. The Balaban J connectivity index is 0.000000665. The summed E-state index contributed by atoms with van der Waals surface area (Å²) in [6.07, 6.45) is 4.77. The van der Waals surface area contributed by atoms with E-state index in [2.05, 4.69) is 32.7 Å². The van der Waals surface area contributed by atoms with Crippen molar-refractivity contribution in [2.75, 3.05) is 64.7 Å². The van der Waals surface area contributed by atoms with Gasteiger partial charge in [-0.15, -0.1) is 0 Å². The van der Waals surface area contributed by atoms with Gasteiger partial charge in [-0.05, 0) is 72.0 Å². The fraction of sp³-hybridized carbons (Fsp3) is 0.275. The quantitative estimate of drug-likeness (QED) is 0.123. The van der Waals surface area contributed by atoms with E-state index in [0.717, 1.165) is 60.4 Å². The van der Waals surface area contributed by atoms with Gasteiger partial charge in [0.1, 0.15) is 0 Å². The lowest BCUT2D eigenvalue weighted by Crippen LogP contribution is -2.32. The molecule has 0 aliphatic carbocycles. The number of amides is 2. The van der Waals surface area contributed by atoms with E-state index < -0.39 is 32.1 Å². The van der Waals surface area contributed by atoms with Crippen molar-refractivity contribution in [3.05, 3.63) is 113 Å². The molecule has 18 heteroatoms. The summed E-state index contributed by atoms with van der Waals surface area (Å²) in [5.74, 6) is 1.44. The molecule has 1 aliphatic heterocycles. The van der Waals surface area contributed by atoms with Gasteiger partial charge in [-0.1, -0.05) is 30.3 Å². The summed E-state index contributed by atoms with van der Waals surface area (Å²) in [4.78, 5) is 33.7. The van der Waals surface area contributed by atoms with Crippen molar-refractivity contribution in [1.82, 2.24) is 9.88 Å². The van der Waals surface area contributed by atoms with E-state index in [9.17, 15) is 26.4 Å². The number of para-hydroxylation sites is 1. The van der Waals surface area contributed by atoms with Gasteiger partial charge in [-0.3, -0.25) is 28.6 Å². The van der Waals surface area contributed by atoms with Crippen molar-refractivity contribution in [2.24, 2.45) is 0 Å². The zero-order valence-corrected chi connectivity index (χ0v) is 34.4. The molecule has 0 radical (unpaired) electrons. The number of hydrogen-bond donors (Lipinski definition) is 4. The van der Waals surface area contributed by atoms with Crippen LogP contribution in [-0.2, 0) is 39.6 Å². The molecule has 0 saturated heterocycles. The maximum atomic E-state index is 13.6. The smallest absolute Gasteiger partial charge is 0.261 e. The number of anilines is 2. The summed E-state index contributed by atoms with van der Waals surface area (Å²) in [7, 11) is -1.02. The fourth-order valence-corrected chi connectivity index (χ4v) is 5.93. The molecule has 1 aromatic heterocycles. The van der Waals surface area contributed by atoms with Crippen LogP contribution in [0.2, 0.25) is 0 Å². The van der Waals surface area contributed by atoms with Crippen LogP contribution >= 0.6 is 0 Å². The fourth-order valence-electron chi connectivity index (χ4n) is 5.93. The van der Waals surface area contributed by atoms with Crippen LogP contribution in [0.5, 0.6) is 23.0 Å². The number of aromatic nitrogens is 1. The monoisotopic (exact) mass is 838 g/mol. The van der Waals surface area contributed by atoms with E-state index >= 15 is 0 Å². The first-order valence-electron chi connectivity index (χ1n) is 17.5. The molecule has 0 unspecified atom stereocenters. The van der Waals surface area contributed by atoms with E-state index in [1.165, 1.54) is 31.5 Å². The number of hydrogen-bond acceptors (Lipinski definition) is 12. The van der Waals surface area contributed by atoms with Gasteiger partial charge in [0.25, 0.3) is 32.1 Å². The standard InChI is InChI=1S/C38H38N4O6.2CH4O3S/c1-45-33-18-25-14-16-42(23-28(25)19-34(33)46-2)15-13-24-9-11-29(12-10-24)40-38(44)30-20-35(47-3)36(48-4)21-32(30)41-37(43)27-17-26-7-5-6-8-31(26)39-22-27;2*1-5(2,3)4/h5-12,17-22H,13-16,23H2,1-4H3,(H,40,44)(H,41,43);2*1H3,(H,2,3,4). The average molecular weight is 839 g/mol. The van der Waals surface area contributed by atoms with Crippen LogP contribution in [0, 0.1) is 0 Å². The number of benzene rings is 4. The van der Waals surface area contributed by atoms with Gasteiger partial charge in [0.05, 0.1) is 63.3 Å². The first-order valence-corrected chi connectivity index (χ1v) is 21.2. The van der Waals surface area contributed by atoms with Crippen molar-refractivity contribution in [3.63, 3.8) is 0 Å². The molecule has 310 valence electrons. The van der Waals surface area contributed by atoms with E-state index in [1.807, 2.05) is 48.5 Å². The third kappa shape index (κ3) is 13.7. The second-order valence-electron chi connectivity index (χ2n) is 13.0. The second-order valence-corrected chi connectivity index (χ2v) is 15.9. The van der Waals surface area contributed by atoms with Gasteiger partial charge in [0, 0.05) is 43.0 Å². The van der Waals surface area contributed by atoms with Crippen LogP contribution in [0.3, 0.4) is 0 Å². The molecule has 5 aromatic rings. The minimum atomic E-state index is -3.67. The zero-order valence-electron chi connectivity index (χ0n) is 32.8. The Bertz CT molecular complexity index is 2410. The van der Waals surface area contributed by atoms with Crippen molar-refractivity contribution >= 4 is 54.3 Å². The Morgan fingerprint density at radius 3 is 1.88 bits per heavy atom. The van der Waals surface area contributed by atoms with Crippen molar-refractivity contribution in [2.45, 2.75) is 19.4 Å². The number of carbonyl (C=O) groups excluding carboxylic acids is 2. The number of nitrogens with zero attached hydrogens (tertiary/aromatic N) is 2. The predicted octanol–water partition coefficient (Wildman–Crippen LogP) is 5.38. The number of ether oxygens (including phenoxy) is 4. The Morgan fingerprint density at radius 2 is 1.28 bits per heavy atom. The Hall–Kier alpha value is -5.79. The zero-order chi connectivity index (χ0) is 42.6.